The number of carbonyl (C=O) groups excluding carboxylic acids is 1. The SMILES string of the molecule is CCCCN1[C@H](C)CN(Cc2ccc(C(=O)OC)cc2)C[C@@H]1C. The van der Waals surface area contributed by atoms with Crippen molar-refractivity contribution in [1.29, 1.82) is 0 Å². The number of hydrogen-bond donors (Lipinski definition) is 0. The van der Waals surface area contributed by atoms with E-state index in [0.717, 1.165) is 19.6 Å². The Kier molecular flexibility index (Phi) is 6.60. The summed E-state index contributed by atoms with van der Waals surface area (Å²) in [6.07, 6.45) is 2.54. The molecule has 0 unspecified atom stereocenters. The van der Waals surface area contributed by atoms with E-state index in [-0.39, 0.29) is 5.97 Å². The maximum atomic E-state index is 11.5. The lowest BCUT2D eigenvalue weighted by atomic mass is 10.1. The van der Waals surface area contributed by atoms with E-state index >= 15 is 0 Å². The molecule has 1 fully saturated rings. The zero-order valence-electron chi connectivity index (χ0n) is 14.9. The standard InChI is InChI=1S/C19H30N2O2/c1-5-6-11-21-15(2)12-20(13-16(21)3)14-17-7-9-18(10-8-17)19(22)23-4/h7-10,15-16H,5-6,11-14H2,1-4H3/t15-,16+. The van der Waals surface area contributed by atoms with E-state index in [2.05, 4.69) is 30.6 Å². The van der Waals surface area contributed by atoms with E-state index in [1.807, 2.05) is 24.3 Å². The molecule has 0 amide bonds. The summed E-state index contributed by atoms with van der Waals surface area (Å²) in [5.74, 6) is -0.275. The first-order valence-electron chi connectivity index (χ1n) is 8.70. The van der Waals surface area contributed by atoms with Crippen molar-refractivity contribution in [3.8, 4) is 0 Å². The highest BCUT2D eigenvalue weighted by Gasteiger charge is 2.28. The van der Waals surface area contributed by atoms with Crippen LogP contribution in [0.25, 0.3) is 0 Å². The second-order valence-electron chi connectivity index (χ2n) is 6.67. The van der Waals surface area contributed by atoms with E-state index in [1.54, 1.807) is 0 Å². The number of nitrogens with zero attached hydrogens (tertiary/aromatic N) is 2. The highest BCUT2D eigenvalue weighted by Crippen LogP contribution is 2.19. The van der Waals surface area contributed by atoms with Crippen molar-refractivity contribution in [3.05, 3.63) is 35.4 Å². The van der Waals surface area contributed by atoms with Crippen molar-refractivity contribution in [3.63, 3.8) is 0 Å². The minimum Gasteiger partial charge on any atom is -0.465 e. The minimum absolute atomic E-state index is 0.275. The molecule has 0 aliphatic carbocycles. The van der Waals surface area contributed by atoms with Crippen LogP contribution in [0.15, 0.2) is 24.3 Å². The van der Waals surface area contributed by atoms with Crippen LogP contribution in [-0.4, -0.2) is 54.6 Å². The third kappa shape index (κ3) is 4.79. The van der Waals surface area contributed by atoms with Crippen LogP contribution in [0, 0.1) is 0 Å². The van der Waals surface area contributed by atoms with Gasteiger partial charge >= 0.3 is 5.97 Å². The summed E-state index contributed by atoms with van der Waals surface area (Å²) in [5, 5.41) is 0. The van der Waals surface area contributed by atoms with Gasteiger partial charge in [0.05, 0.1) is 12.7 Å². The Labute approximate surface area is 140 Å². The van der Waals surface area contributed by atoms with Crippen LogP contribution < -0.4 is 0 Å². The Morgan fingerprint density at radius 1 is 1.17 bits per heavy atom. The van der Waals surface area contributed by atoms with Gasteiger partial charge in [-0.2, -0.15) is 0 Å². The van der Waals surface area contributed by atoms with E-state index in [4.69, 9.17) is 4.74 Å². The van der Waals surface area contributed by atoms with Gasteiger partial charge in [-0.25, -0.2) is 4.79 Å². The van der Waals surface area contributed by atoms with Crippen LogP contribution in [0.3, 0.4) is 0 Å². The van der Waals surface area contributed by atoms with Crippen molar-refractivity contribution in [2.75, 3.05) is 26.7 Å². The number of unbranched alkanes of at least 4 members (excludes halogenated alkanes) is 1. The average molecular weight is 318 g/mol. The number of rotatable bonds is 6. The van der Waals surface area contributed by atoms with Crippen LogP contribution >= 0.6 is 0 Å². The molecule has 2 rings (SSSR count). The van der Waals surface area contributed by atoms with Gasteiger partial charge in [-0.15, -0.1) is 0 Å². The van der Waals surface area contributed by atoms with Crippen LogP contribution in [0.2, 0.25) is 0 Å². The molecule has 1 heterocycles. The van der Waals surface area contributed by atoms with Gasteiger partial charge in [0.2, 0.25) is 0 Å². The third-order valence-electron chi connectivity index (χ3n) is 4.73. The molecule has 23 heavy (non-hydrogen) atoms. The predicted molar refractivity (Wildman–Crippen MR) is 93.6 cm³/mol. The predicted octanol–water partition coefficient (Wildman–Crippen LogP) is 3.17. The topological polar surface area (TPSA) is 32.8 Å². The summed E-state index contributed by atoms with van der Waals surface area (Å²) in [6.45, 7) is 11.3. The molecule has 4 heteroatoms. The molecule has 0 radical (unpaired) electrons. The van der Waals surface area contributed by atoms with Gasteiger partial charge in [0.25, 0.3) is 0 Å². The van der Waals surface area contributed by atoms with Gasteiger partial charge in [0.1, 0.15) is 0 Å². The van der Waals surface area contributed by atoms with Crippen molar-refractivity contribution in [2.24, 2.45) is 0 Å². The highest BCUT2D eigenvalue weighted by atomic mass is 16.5. The molecule has 1 aromatic rings. The maximum absolute atomic E-state index is 11.5. The van der Waals surface area contributed by atoms with Crippen molar-refractivity contribution in [1.82, 2.24) is 9.80 Å². The molecule has 1 aliphatic rings. The maximum Gasteiger partial charge on any atom is 0.337 e. The fraction of sp³-hybridized carbons (Fsp3) is 0.632. The Bertz CT molecular complexity index is 489. The van der Waals surface area contributed by atoms with E-state index in [9.17, 15) is 4.79 Å². The molecule has 128 valence electrons. The fourth-order valence-corrected chi connectivity index (χ4v) is 3.50. The molecular formula is C19H30N2O2. The summed E-state index contributed by atoms with van der Waals surface area (Å²) in [4.78, 5) is 16.6. The highest BCUT2D eigenvalue weighted by molar-refractivity contribution is 5.89. The normalized spacial score (nSPS) is 23.0. The van der Waals surface area contributed by atoms with Gasteiger partial charge in [0, 0.05) is 31.7 Å². The zero-order valence-corrected chi connectivity index (χ0v) is 14.9. The molecule has 0 saturated carbocycles. The summed E-state index contributed by atoms with van der Waals surface area (Å²) < 4.78 is 4.74. The zero-order chi connectivity index (χ0) is 16.8. The lowest BCUT2D eigenvalue weighted by molar-refractivity contribution is 0.0341. The van der Waals surface area contributed by atoms with Crippen LogP contribution in [-0.2, 0) is 11.3 Å². The van der Waals surface area contributed by atoms with Gasteiger partial charge in [-0.05, 0) is 44.5 Å². The molecule has 4 nitrogen and oxygen atoms in total. The smallest absolute Gasteiger partial charge is 0.337 e. The van der Waals surface area contributed by atoms with Gasteiger partial charge in [-0.1, -0.05) is 25.5 Å². The van der Waals surface area contributed by atoms with Crippen molar-refractivity contribution < 1.29 is 9.53 Å². The van der Waals surface area contributed by atoms with E-state index in [1.165, 1.54) is 32.1 Å². The Hall–Kier alpha value is -1.39. The van der Waals surface area contributed by atoms with Gasteiger partial charge < -0.3 is 4.74 Å². The first kappa shape index (κ1) is 18.0. The molecule has 1 aromatic carbocycles. The summed E-state index contributed by atoms with van der Waals surface area (Å²) in [5.41, 5.74) is 1.86. The van der Waals surface area contributed by atoms with Gasteiger partial charge in [-0.3, -0.25) is 9.80 Å². The molecule has 0 bridgehead atoms. The number of carbonyl (C=O) groups is 1. The second-order valence-corrected chi connectivity index (χ2v) is 6.67. The fourth-order valence-electron chi connectivity index (χ4n) is 3.50. The molecule has 0 aromatic heterocycles. The van der Waals surface area contributed by atoms with Crippen molar-refractivity contribution in [2.45, 2.75) is 52.2 Å². The van der Waals surface area contributed by atoms with E-state index in [0.29, 0.717) is 17.6 Å². The van der Waals surface area contributed by atoms with Crippen LogP contribution in [0.4, 0.5) is 0 Å². The Balaban J connectivity index is 1.92. The number of benzene rings is 1. The lowest BCUT2D eigenvalue weighted by Gasteiger charge is -2.44. The quantitative estimate of drug-likeness (QED) is 0.754. The van der Waals surface area contributed by atoms with Crippen LogP contribution in [0.5, 0.6) is 0 Å². The van der Waals surface area contributed by atoms with Crippen molar-refractivity contribution >= 4 is 5.97 Å². The average Bonchev–Trinajstić information content (AvgIpc) is 2.54. The molecular weight excluding hydrogens is 288 g/mol. The lowest BCUT2D eigenvalue weighted by Crippen LogP contribution is -2.56. The molecule has 2 atom stereocenters. The second kappa shape index (κ2) is 8.46. The largest absolute Gasteiger partial charge is 0.465 e. The number of esters is 1. The van der Waals surface area contributed by atoms with Gasteiger partial charge in [0.15, 0.2) is 0 Å². The summed E-state index contributed by atoms with van der Waals surface area (Å²) in [7, 11) is 1.41. The monoisotopic (exact) mass is 318 g/mol. The molecule has 1 saturated heterocycles. The number of ether oxygens (including phenoxy) is 1. The molecule has 0 spiro atoms. The Morgan fingerprint density at radius 3 is 2.30 bits per heavy atom. The first-order valence-corrected chi connectivity index (χ1v) is 8.70. The summed E-state index contributed by atoms with van der Waals surface area (Å²) in [6, 6.07) is 8.96. The number of piperazine rings is 1. The molecule has 1 aliphatic heterocycles. The Morgan fingerprint density at radius 2 is 1.78 bits per heavy atom. The minimum atomic E-state index is -0.275. The molecule has 0 N–H and O–H groups in total. The van der Waals surface area contributed by atoms with E-state index < -0.39 is 0 Å². The number of methoxy groups -OCH3 is 1. The third-order valence-corrected chi connectivity index (χ3v) is 4.73. The summed E-state index contributed by atoms with van der Waals surface area (Å²) >= 11 is 0. The van der Waals surface area contributed by atoms with Crippen LogP contribution in [0.1, 0.15) is 49.5 Å². The first-order chi connectivity index (χ1) is 11.0. The number of hydrogen-bond acceptors (Lipinski definition) is 4.